The van der Waals surface area contributed by atoms with Crippen LogP contribution in [0, 0.1) is 17.1 Å². The Morgan fingerprint density at radius 3 is 2.65 bits per heavy atom. The van der Waals surface area contributed by atoms with Gasteiger partial charge in [0.05, 0.1) is 11.6 Å². The van der Waals surface area contributed by atoms with Crippen molar-refractivity contribution in [2.24, 2.45) is 0 Å². The number of benzene rings is 2. The van der Waals surface area contributed by atoms with E-state index in [9.17, 15) is 4.39 Å². The Hall–Kier alpha value is -1.31. The monoisotopic (exact) mass is 307 g/mol. The Bertz CT molecular complexity index is 592. The normalized spacial score (nSPS) is 9.94. The molecule has 84 valence electrons. The SMILES string of the molecule is N#Cc1cc(F)cc(Sc2cccc(Br)c2)c1. The predicted molar refractivity (Wildman–Crippen MR) is 69.4 cm³/mol. The van der Waals surface area contributed by atoms with Crippen molar-refractivity contribution in [1.29, 1.82) is 5.26 Å². The Labute approximate surface area is 111 Å². The highest BCUT2D eigenvalue weighted by Gasteiger charge is 2.03. The lowest BCUT2D eigenvalue weighted by Gasteiger charge is -2.03. The summed E-state index contributed by atoms with van der Waals surface area (Å²) >= 11 is 4.80. The van der Waals surface area contributed by atoms with E-state index in [4.69, 9.17) is 5.26 Å². The van der Waals surface area contributed by atoms with E-state index in [-0.39, 0.29) is 5.82 Å². The number of rotatable bonds is 2. The van der Waals surface area contributed by atoms with Crippen molar-refractivity contribution in [2.45, 2.75) is 9.79 Å². The first-order chi connectivity index (χ1) is 8.17. The minimum atomic E-state index is -0.387. The highest BCUT2D eigenvalue weighted by molar-refractivity contribution is 9.10. The fourth-order valence-electron chi connectivity index (χ4n) is 1.35. The molecule has 4 heteroatoms. The average Bonchev–Trinajstić information content (AvgIpc) is 2.28. The van der Waals surface area contributed by atoms with E-state index in [2.05, 4.69) is 15.9 Å². The maximum Gasteiger partial charge on any atom is 0.125 e. The van der Waals surface area contributed by atoms with E-state index < -0.39 is 0 Å². The maximum absolute atomic E-state index is 13.2. The molecule has 0 aliphatic rings. The van der Waals surface area contributed by atoms with Gasteiger partial charge in [0, 0.05) is 14.3 Å². The highest BCUT2D eigenvalue weighted by Crippen LogP contribution is 2.30. The second-order valence-corrected chi connectivity index (χ2v) is 5.41. The molecule has 0 aliphatic carbocycles. The minimum Gasteiger partial charge on any atom is -0.207 e. The summed E-state index contributed by atoms with van der Waals surface area (Å²) in [7, 11) is 0. The summed E-state index contributed by atoms with van der Waals surface area (Å²) in [4.78, 5) is 1.72. The van der Waals surface area contributed by atoms with Crippen LogP contribution >= 0.6 is 27.7 Å². The van der Waals surface area contributed by atoms with Crippen LogP contribution in [0.3, 0.4) is 0 Å². The molecule has 0 atom stereocenters. The summed E-state index contributed by atoms with van der Waals surface area (Å²) in [5, 5.41) is 8.76. The van der Waals surface area contributed by atoms with E-state index in [1.165, 1.54) is 23.9 Å². The highest BCUT2D eigenvalue weighted by atomic mass is 79.9. The molecule has 0 aromatic heterocycles. The fraction of sp³-hybridized carbons (Fsp3) is 0. The van der Waals surface area contributed by atoms with Gasteiger partial charge in [0.15, 0.2) is 0 Å². The third kappa shape index (κ3) is 3.32. The molecule has 0 heterocycles. The Balaban J connectivity index is 2.30. The molecule has 0 aliphatic heterocycles. The zero-order chi connectivity index (χ0) is 12.3. The fourth-order valence-corrected chi connectivity index (χ4v) is 2.87. The summed E-state index contributed by atoms with van der Waals surface area (Å²) in [6, 6.07) is 14.0. The van der Waals surface area contributed by atoms with Gasteiger partial charge in [-0.25, -0.2) is 4.39 Å². The van der Waals surface area contributed by atoms with Crippen molar-refractivity contribution >= 4 is 27.7 Å². The lowest BCUT2D eigenvalue weighted by molar-refractivity contribution is 0.623. The number of hydrogen-bond acceptors (Lipinski definition) is 2. The molecule has 0 bridgehead atoms. The quantitative estimate of drug-likeness (QED) is 0.809. The van der Waals surface area contributed by atoms with Gasteiger partial charge in [0.1, 0.15) is 5.82 Å². The van der Waals surface area contributed by atoms with Crippen molar-refractivity contribution in [1.82, 2.24) is 0 Å². The van der Waals surface area contributed by atoms with Crippen LogP contribution in [0.4, 0.5) is 4.39 Å². The molecule has 0 fully saturated rings. The van der Waals surface area contributed by atoms with Gasteiger partial charge in [-0.2, -0.15) is 5.26 Å². The third-order valence-electron chi connectivity index (χ3n) is 2.03. The van der Waals surface area contributed by atoms with Gasteiger partial charge in [-0.1, -0.05) is 33.8 Å². The lowest BCUT2D eigenvalue weighted by Crippen LogP contribution is -1.82. The summed E-state index contributed by atoms with van der Waals surface area (Å²) in [6.45, 7) is 0. The second kappa shape index (κ2) is 5.35. The minimum absolute atomic E-state index is 0.336. The van der Waals surface area contributed by atoms with E-state index in [1.54, 1.807) is 6.07 Å². The van der Waals surface area contributed by atoms with Crippen molar-refractivity contribution in [2.75, 3.05) is 0 Å². The molecule has 17 heavy (non-hydrogen) atoms. The molecule has 1 nitrogen and oxygen atoms in total. The van der Waals surface area contributed by atoms with Crippen LogP contribution in [0.2, 0.25) is 0 Å². The van der Waals surface area contributed by atoms with E-state index in [1.807, 2.05) is 30.3 Å². The molecule has 0 unspecified atom stereocenters. The third-order valence-corrected chi connectivity index (χ3v) is 3.49. The molecular weight excluding hydrogens is 301 g/mol. The van der Waals surface area contributed by atoms with E-state index in [0.29, 0.717) is 5.56 Å². The Morgan fingerprint density at radius 2 is 1.94 bits per heavy atom. The van der Waals surface area contributed by atoms with Crippen molar-refractivity contribution in [3.8, 4) is 6.07 Å². The molecule has 0 spiro atoms. The summed E-state index contributed by atoms with van der Waals surface area (Å²) < 4.78 is 14.2. The van der Waals surface area contributed by atoms with Gasteiger partial charge < -0.3 is 0 Å². The molecule has 2 aromatic rings. The smallest absolute Gasteiger partial charge is 0.125 e. The first kappa shape index (κ1) is 12.2. The second-order valence-electron chi connectivity index (χ2n) is 3.35. The zero-order valence-electron chi connectivity index (χ0n) is 8.65. The molecule has 0 saturated carbocycles. The van der Waals surface area contributed by atoms with Crippen LogP contribution in [-0.4, -0.2) is 0 Å². The van der Waals surface area contributed by atoms with Crippen LogP contribution in [0.1, 0.15) is 5.56 Å². The Morgan fingerprint density at radius 1 is 1.12 bits per heavy atom. The van der Waals surface area contributed by atoms with E-state index in [0.717, 1.165) is 14.3 Å². The predicted octanol–water partition coefficient (Wildman–Crippen LogP) is 4.61. The topological polar surface area (TPSA) is 23.8 Å². The molecule has 0 N–H and O–H groups in total. The first-order valence-corrected chi connectivity index (χ1v) is 6.42. The number of hydrogen-bond donors (Lipinski definition) is 0. The zero-order valence-corrected chi connectivity index (χ0v) is 11.1. The van der Waals surface area contributed by atoms with Crippen LogP contribution in [0.25, 0.3) is 0 Å². The summed E-state index contributed by atoms with van der Waals surface area (Å²) in [5.41, 5.74) is 0.336. The van der Waals surface area contributed by atoms with Crippen LogP contribution in [-0.2, 0) is 0 Å². The van der Waals surface area contributed by atoms with Crippen LogP contribution in [0.15, 0.2) is 56.7 Å². The van der Waals surface area contributed by atoms with Gasteiger partial charge in [0.25, 0.3) is 0 Å². The van der Waals surface area contributed by atoms with Crippen LogP contribution < -0.4 is 0 Å². The summed E-state index contributed by atoms with van der Waals surface area (Å²) in [6.07, 6.45) is 0. The van der Waals surface area contributed by atoms with Crippen molar-refractivity contribution in [3.63, 3.8) is 0 Å². The van der Waals surface area contributed by atoms with Gasteiger partial charge in [0.2, 0.25) is 0 Å². The standard InChI is InChI=1S/C13H7BrFNS/c14-10-2-1-3-12(6-10)17-13-5-9(8-16)4-11(15)7-13/h1-7H. The molecule has 0 amide bonds. The molecule has 0 radical (unpaired) electrons. The summed E-state index contributed by atoms with van der Waals surface area (Å²) in [5.74, 6) is -0.387. The molecule has 2 aromatic carbocycles. The number of nitriles is 1. The van der Waals surface area contributed by atoms with Gasteiger partial charge >= 0.3 is 0 Å². The molecular formula is C13H7BrFNS. The molecule has 0 saturated heterocycles. The number of halogens is 2. The van der Waals surface area contributed by atoms with E-state index >= 15 is 0 Å². The van der Waals surface area contributed by atoms with Gasteiger partial charge in [-0.05, 0) is 36.4 Å². The average molecular weight is 308 g/mol. The van der Waals surface area contributed by atoms with Crippen molar-refractivity contribution < 1.29 is 4.39 Å². The largest absolute Gasteiger partial charge is 0.207 e. The maximum atomic E-state index is 13.2. The van der Waals surface area contributed by atoms with Gasteiger partial charge in [-0.15, -0.1) is 0 Å². The Kier molecular flexibility index (Phi) is 3.82. The molecule has 2 rings (SSSR count). The number of nitrogens with zero attached hydrogens (tertiary/aromatic N) is 1. The van der Waals surface area contributed by atoms with Gasteiger partial charge in [-0.3, -0.25) is 0 Å². The van der Waals surface area contributed by atoms with Crippen LogP contribution in [0.5, 0.6) is 0 Å². The lowest BCUT2D eigenvalue weighted by atomic mass is 10.2. The van der Waals surface area contributed by atoms with Crippen molar-refractivity contribution in [3.05, 3.63) is 58.3 Å². The first-order valence-electron chi connectivity index (χ1n) is 4.81.